The van der Waals surface area contributed by atoms with E-state index in [-0.39, 0.29) is 24.5 Å². The third-order valence-corrected chi connectivity index (χ3v) is 2.30. The van der Waals surface area contributed by atoms with E-state index in [2.05, 4.69) is 10.2 Å². The Labute approximate surface area is 105 Å². The smallest absolute Gasteiger partial charge is 0.163 e. The Kier molecular flexibility index (Phi) is 5.49. The van der Waals surface area contributed by atoms with Crippen LogP contribution in [0.4, 0.5) is 5.69 Å². The van der Waals surface area contributed by atoms with Gasteiger partial charge >= 0.3 is 0 Å². The fraction of sp³-hybridized carbons (Fsp3) is 0.333. The fourth-order valence-electron chi connectivity index (χ4n) is 1.10. The van der Waals surface area contributed by atoms with Crippen molar-refractivity contribution in [3.05, 3.63) is 29.3 Å². The molecule has 0 spiro atoms. The molecule has 0 atom stereocenters. The first-order valence-electron chi connectivity index (χ1n) is 5.28. The van der Waals surface area contributed by atoms with Crippen molar-refractivity contribution >= 4 is 28.9 Å². The molecule has 1 rings (SSSR count). The molecule has 5 heteroatoms. The van der Waals surface area contributed by atoms with Gasteiger partial charge in [0, 0.05) is 11.4 Å². The first-order valence-corrected chi connectivity index (χ1v) is 5.66. The van der Waals surface area contributed by atoms with E-state index in [9.17, 15) is 9.59 Å². The summed E-state index contributed by atoms with van der Waals surface area (Å²) < 4.78 is 0. The Hall–Kier alpha value is -1.55. The summed E-state index contributed by atoms with van der Waals surface area (Å²) in [5.41, 5.74) is 0.629. The second-order valence-electron chi connectivity index (χ2n) is 3.48. The van der Waals surface area contributed by atoms with Crippen LogP contribution < -0.4 is 0 Å². The normalized spacial score (nSPS) is 10.7. The highest BCUT2D eigenvalue weighted by atomic mass is 35.5. The zero-order chi connectivity index (χ0) is 12.7. The Balaban J connectivity index is 2.42. The van der Waals surface area contributed by atoms with Crippen molar-refractivity contribution in [3.63, 3.8) is 0 Å². The quantitative estimate of drug-likeness (QED) is 0.576. The Morgan fingerprint density at radius 2 is 1.82 bits per heavy atom. The maximum absolute atomic E-state index is 11.3. The van der Waals surface area contributed by atoms with Gasteiger partial charge in [-0.1, -0.05) is 18.5 Å². The predicted molar refractivity (Wildman–Crippen MR) is 65.8 cm³/mol. The van der Waals surface area contributed by atoms with E-state index in [1.807, 2.05) is 0 Å². The summed E-state index contributed by atoms with van der Waals surface area (Å²) in [6, 6.07) is 6.79. The van der Waals surface area contributed by atoms with Crippen LogP contribution in [-0.2, 0) is 9.59 Å². The number of ketones is 2. The van der Waals surface area contributed by atoms with Crippen molar-refractivity contribution in [1.29, 1.82) is 0 Å². The Morgan fingerprint density at radius 1 is 1.18 bits per heavy atom. The lowest BCUT2D eigenvalue weighted by molar-refractivity contribution is -0.126. The summed E-state index contributed by atoms with van der Waals surface area (Å²) in [5, 5.41) is 8.21. The molecule has 0 saturated heterocycles. The lowest BCUT2D eigenvalue weighted by Crippen LogP contribution is -2.08. The predicted octanol–water partition coefficient (Wildman–Crippen LogP) is 3.36. The van der Waals surface area contributed by atoms with E-state index < -0.39 is 0 Å². The topological polar surface area (TPSA) is 58.9 Å². The molecule has 1 aromatic carbocycles. The van der Waals surface area contributed by atoms with Gasteiger partial charge in [0.05, 0.1) is 12.1 Å². The monoisotopic (exact) mass is 252 g/mol. The molecule has 0 heterocycles. The van der Waals surface area contributed by atoms with E-state index in [0.717, 1.165) is 0 Å². The van der Waals surface area contributed by atoms with Crippen LogP contribution in [0, 0.1) is 0 Å². The van der Waals surface area contributed by atoms with E-state index in [4.69, 9.17) is 11.6 Å². The zero-order valence-electron chi connectivity index (χ0n) is 9.52. The van der Waals surface area contributed by atoms with Crippen molar-refractivity contribution in [2.75, 3.05) is 6.54 Å². The van der Waals surface area contributed by atoms with Crippen molar-refractivity contribution in [2.24, 2.45) is 10.2 Å². The maximum atomic E-state index is 11.3. The average molecular weight is 253 g/mol. The van der Waals surface area contributed by atoms with Crippen LogP contribution in [-0.4, -0.2) is 18.1 Å². The van der Waals surface area contributed by atoms with Crippen LogP contribution in [0.2, 0.25) is 5.02 Å². The van der Waals surface area contributed by atoms with Crippen molar-refractivity contribution in [2.45, 2.75) is 19.8 Å². The van der Waals surface area contributed by atoms with Crippen LogP contribution >= 0.6 is 11.6 Å². The molecule has 0 unspecified atom stereocenters. The van der Waals surface area contributed by atoms with Gasteiger partial charge < -0.3 is 0 Å². The SMILES string of the molecule is CCC(=O)CC(=O)CN=Nc1ccc(Cl)cc1. The Morgan fingerprint density at radius 3 is 2.41 bits per heavy atom. The average Bonchev–Trinajstić information content (AvgIpc) is 2.31. The molecule has 0 aliphatic carbocycles. The largest absolute Gasteiger partial charge is 0.299 e. The first-order chi connectivity index (χ1) is 8.11. The molecule has 4 nitrogen and oxygen atoms in total. The van der Waals surface area contributed by atoms with Crippen molar-refractivity contribution in [3.8, 4) is 0 Å². The summed E-state index contributed by atoms with van der Waals surface area (Å²) in [4.78, 5) is 22.2. The number of hydrogen-bond donors (Lipinski definition) is 0. The van der Waals surface area contributed by atoms with Crippen molar-refractivity contribution in [1.82, 2.24) is 0 Å². The van der Waals surface area contributed by atoms with Crippen LogP contribution in [0.15, 0.2) is 34.5 Å². The summed E-state index contributed by atoms with van der Waals surface area (Å²) in [6.45, 7) is 1.67. The minimum atomic E-state index is -0.213. The van der Waals surface area contributed by atoms with Gasteiger partial charge in [-0.3, -0.25) is 9.59 Å². The molecule has 0 aliphatic rings. The summed E-state index contributed by atoms with van der Waals surface area (Å²) in [5.74, 6) is -0.286. The zero-order valence-corrected chi connectivity index (χ0v) is 10.3. The highest BCUT2D eigenvalue weighted by Gasteiger charge is 2.06. The Bertz CT molecular complexity index is 427. The number of halogens is 1. The molecule has 1 aromatic rings. The summed E-state index contributed by atoms with van der Waals surface area (Å²) in [7, 11) is 0. The van der Waals surface area contributed by atoms with E-state index >= 15 is 0 Å². The molecular formula is C12H13ClN2O2. The second kappa shape index (κ2) is 6.91. The van der Waals surface area contributed by atoms with Crippen molar-refractivity contribution < 1.29 is 9.59 Å². The van der Waals surface area contributed by atoms with Gasteiger partial charge in [-0.2, -0.15) is 10.2 Å². The van der Waals surface area contributed by atoms with E-state index in [1.165, 1.54) is 0 Å². The summed E-state index contributed by atoms with van der Waals surface area (Å²) in [6.07, 6.45) is 0.316. The lowest BCUT2D eigenvalue weighted by atomic mass is 10.2. The second-order valence-corrected chi connectivity index (χ2v) is 3.92. The molecule has 0 N–H and O–H groups in total. The highest BCUT2D eigenvalue weighted by Crippen LogP contribution is 2.16. The fourth-order valence-corrected chi connectivity index (χ4v) is 1.23. The van der Waals surface area contributed by atoms with Gasteiger partial charge in [0.1, 0.15) is 12.3 Å². The molecule has 0 fully saturated rings. The molecule has 0 bridgehead atoms. The van der Waals surface area contributed by atoms with Crippen LogP contribution in [0.25, 0.3) is 0 Å². The van der Waals surface area contributed by atoms with Gasteiger partial charge in [0.2, 0.25) is 0 Å². The molecular weight excluding hydrogens is 240 g/mol. The molecule has 90 valence electrons. The number of rotatable bonds is 6. The molecule has 17 heavy (non-hydrogen) atoms. The van der Waals surface area contributed by atoms with Crippen LogP contribution in [0.1, 0.15) is 19.8 Å². The van der Waals surface area contributed by atoms with Gasteiger partial charge in [0.25, 0.3) is 0 Å². The number of benzene rings is 1. The molecule has 0 aliphatic heterocycles. The third kappa shape index (κ3) is 5.36. The number of azo groups is 1. The maximum Gasteiger partial charge on any atom is 0.163 e. The van der Waals surface area contributed by atoms with Crippen LogP contribution in [0.3, 0.4) is 0 Å². The molecule has 0 amide bonds. The number of Topliss-reactive ketones (excluding diaryl/α,β-unsaturated/α-hetero) is 2. The minimum Gasteiger partial charge on any atom is -0.299 e. The van der Waals surface area contributed by atoms with E-state index in [0.29, 0.717) is 17.1 Å². The molecule has 0 radical (unpaired) electrons. The molecule has 0 aromatic heterocycles. The minimum absolute atomic E-state index is 0.0594. The summed E-state index contributed by atoms with van der Waals surface area (Å²) >= 11 is 5.71. The molecule has 0 saturated carbocycles. The van der Waals surface area contributed by atoms with Gasteiger partial charge in [-0.25, -0.2) is 0 Å². The lowest BCUT2D eigenvalue weighted by Gasteiger charge is -1.94. The van der Waals surface area contributed by atoms with Crippen LogP contribution in [0.5, 0.6) is 0 Å². The van der Waals surface area contributed by atoms with Gasteiger partial charge in [-0.05, 0) is 24.3 Å². The number of carbonyl (C=O) groups excluding carboxylic acids is 2. The number of nitrogens with zero attached hydrogens (tertiary/aromatic N) is 2. The van der Waals surface area contributed by atoms with Gasteiger partial charge in [0.15, 0.2) is 5.78 Å². The number of hydrogen-bond acceptors (Lipinski definition) is 4. The van der Waals surface area contributed by atoms with E-state index in [1.54, 1.807) is 31.2 Å². The van der Waals surface area contributed by atoms with Gasteiger partial charge in [-0.15, -0.1) is 0 Å². The first kappa shape index (κ1) is 13.5. The number of carbonyl (C=O) groups is 2. The third-order valence-electron chi connectivity index (χ3n) is 2.05. The highest BCUT2D eigenvalue weighted by molar-refractivity contribution is 6.30. The standard InChI is InChI=1S/C12H13ClN2O2/c1-2-11(16)7-12(17)8-14-15-10-5-3-9(13)4-6-10/h3-6H,2,7-8H2,1H3.